The van der Waals surface area contributed by atoms with E-state index in [4.69, 9.17) is 5.73 Å². The van der Waals surface area contributed by atoms with Gasteiger partial charge in [0, 0.05) is 29.9 Å². The molecule has 0 aliphatic heterocycles. The third-order valence-electron chi connectivity index (χ3n) is 1.54. The van der Waals surface area contributed by atoms with Crippen molar-refractivity contribution in [2.75, 3.05) is 5.73 Å². The Kier molecular flexibility index (Phi) is 3.14. The third kappa shape index (κ3) is 2.66. The highest BCUT2D eigenvalue weighted by molar-refractivity contribution is 5.58. The molecule has 4 nitrogen and oxygen atoms in total. The first-order chi connectivity index (χ1) is 6.26. The number of pyridine rings is 1. The molecule has 0 saturated carbocycles. The van der Waals surface area contributed by atoms with Gasteiger partial charge in [0.2, 0.25) is 0 Å². The first-order valence-corrected chi connectivity index (χ1v) is 3.89. The van der Waals surface area contributed by atoms with Crippen molar-refractivity contribution in [1.82, 2.24) is 4.98 Å². The van der Waals surface area contributed by atoms with E-state index >= 15 is 0 Å². The van der Waals surface area contributed by atoms with Crippen molar-refractivity contribution >= 4 is 18.3 Å². The number of nitrogen functional groups attached to an aromatic ring is 1. The molecule has 0 aromatic carbocycles. The fourth-order valence-corrected chi connectivity index (χ4v) is 1.06. The lowest BCUT2D eigenvalue weighted by Crippen LogP contribution is -2.00. The number of carbonyl (C=O) groups excluding carboxylic acids is 2. The smallest absolute Gasteiger partial charge is 0.125 e. The van der Waals surface area contributed by atoms with Gasteiger partial charge in [-0.05, 0) is 12.1 Å². The summed E-state index contributed by atoms with van der Waals surface area (Å²) in [4.78, 5) is 24.5. The van der Waals surface area contributed by atoms with Crippen LogP contribution < -0.4 is 5.73 Å². The van der Waals surface area contributed by atoms with Crippen LogP contribution in [0.1, 0.15) is 11.4 Å². The average molecular weight is 178 g/mol. The summed E-state index contributed by atoms with van der Waals surface area (Å²) < 4.78 is 0. The Labute approximate surface area is 75.8 Å². The predicted molar refractivity (Wildman–Crippen MR) is 48.2 cm³/mol. The summed E-state index contributed by atoms with van der Waals surface area (Å²) in [5, 5.41) is 0. The summed E-state index contributed by atoms with van der Waals surface area (Å²) in [7, 11) is 0. The van der Waals surface area contributed by atoms with E-state index in [0.29, 0.717) is 17.1 Å². The molecule has 0 atom stereocenters. The largest absolute Gasteiger partial charge is 0.399 e. The second-order valence-electron chi connectivity index (χ2n) is 2.62. The topological polar surface area (TPSA) is 73.1 Å². The fourth-order valence-electron chi connectivity index (χ4n) is 1.06. The van der Waals surface area contributed by atoms with E-state index in [1.54, 1.807) is 12.1 Å². The van der Waals surface area contributed by atoms with E-state index in [2.05, 4.69) is 4.98 Å². The maximum atomic E-state index is 10.2. The Hall–Kier alpha value is -1.71. The molecule has 0 unspecified atom stereocenters. The lowest BCUT2D eigenvalue weighted by molar-refractivity contribution is -0.108. The zero-order valence-electron chi connectivity index (χ0n) is 7.06. The highest BCUT2D eigenvalue weighted by Gasteiger charge is 1.99. The average Bonchev–Trinajstić information content (AvgIpc) is 2.04. The molecular formula is C9H10N2O2. The van der Waals surface area contributed by atoms with Crippen molar-refractivity contribution in [1.29, 1.82) is 0 Å². The Morgan fingerprint density at radius 2 is 1.62 bits per heavy atom. The molecule has 1 aromatic heterocycles. The van der Waals surface area contributed by atoms with Gasteiger partial charge >= 0.3 is 0 Å². The lowest BCUT2D eigenvalue weighted by Gasteiger charge is -2.01. The molecule has 1 rings (SSSR count). The van der Waals surface area contributed by atoms with Gasteiger partial charge in [-0.3, -0.25) is 4.98 Å². The highest BCUT2D eigenvalue weighted by Crippen LogP contribution is 2.07. The van der Waals surface area contributed by atoms with Crippen molar-refractivity contribution in [3.05, 3.63) is 23.5 Å². The number of carbonyl (C=O) groups is 2. The maximum absolute atomic E-state index is 10.2. The van der Waals surface area contributed by atoms with Crippen molar-refractivity contribution in [3.63, 3.8) is 0 Å². The number of nitrogens with zero attached hydrogens (tertiary/aromatic N) is 1. The number of aromatic nitrogens is 1. The summed E-state index contributed by atoms with van der Waals surface area (Å²) in [5.74, 6) is 0. The van der Waals surface area contributed by atoms with Gasteiger partial charge in [-0.2, -0.15) is 0 Å². The number of anilines is 1. The molecule has 0 bridgehead atoms. The first-order valence-electron chi connectivity index (χ1n) is 3.89. The Balaban J connectivity index is 2.95. The summed E-state index contributed by atoms with van der Waals surface area (Å²) in [6.07, 6.45) is 1.98. The van der Waals surface area contributed by atoms with Gasteiger partial charge in [0.25, 0.3) is 0 Å². The monoisotopic (exact) mass is 178 g/mol. The molecular weight excluding hydrogens is 168 g/mol. The van der Waals surface area contributed by atoms with Gasteiger partial charge in [-0.25, -0.2) is 0 Å². The van der Waals surface area contributed by atoms with Crippen LogP contribution in [0.15, 0.2) is 12.1 Å². The van der Waals surface area contributed by atoms with Gasteiger partial charge in [-0.15, -0.1) is 0 Å². The molecule has 1 heterocycles. The second kappa shape index (κ2) is 4.35. The van der Waals surface area contributed by atoms with Crippen LogP contribution in [0, 0.1) is 0 Å². The normalized spacial score (nSPS) is 9.54. The molecule has 1 aromatic rings. The number of hydrogen-bond donors (Lipinski definition) is 1. The van der Waals surface area contributed by atoms with Crippen LogP contribution in [0.5, 0.6) is 0 Å². The van der Waals surface area contributed by atoms with E-state index in [9.17, 15) is 9.59 Å². The van der Waals surface area contributed by atoms with E-state index in [0.717, 1.165) is 12.6 Å². The Morgan fingerprint density at radius 3 is 2.00 bits per heavy atom. The minimum Gasteiger partial charge on any atom is -0.399 e. The lowest BCUT2D eigenvalue weighted by atomic mass is 10.2. The highest BCUT2D eigenvalue weighted by atomic mass is 16.1. The van der Waals surface area contributed by atoms with Crippen molar-refractivity contribution in [2.45, 2.75) is 12.8 Å². The van der Waals surface area contributed by atoms with E-state index in [1.807, 2.05) is 0 Å². The summed E-state index contributed by atoms with van der Waals surface area (Å²) >= 11 is 0. The molecule has 68 valence electrons. The molecule has 0 radical (unpaired) electrons. The molecule has 0 aliphatic rings. The van der Waals surface area contributed by atoms with Crippen LogP contribution in [-0.4, -0.2) is 17.6 Å². The number of hydrogen-bond acceptors (Lipinski definition) is 4. The minimum absolute atomic E-state index is 0.233. The van der Waals surface area contributed by atoms with Gasteiger partial charge < -0.3 is 15.3 Å². The van der Waals surface area contributed by atoms with Crippen molar-refractivity contribution in [2.24, 2.45) is 0 Å². The molecule has 0 spiro atoms. The van der Waals surface area contributed by atoms with Crippen LogP contribution in [0.3, 0.4) is 0 Å². The Bertz CT molecular complexity index is 295. The zero-order valence-corrected chi connectivity index (χ0v) is 7.06. The quantitative estimate of drug-likeness (QED) is 0.666. The van der Waals surface area contributed by atoms with Crippen molar-refractivity contribution < 1.29 is 9.59 Å². The summed E-state index contributed by atoms with van der Waals surface area (Å²) in [6.45, 7) is 0. The van der Waals surface area contributed by atoms with Crippen LogP contribution in [0.25, 0.3) is 0 Å². The van der Waals surface area contributed by atoms with Crippen LogP contribution in [0.2, 0.25) is 0 Å². The van der Waals surface area contributed by atoms with Crippen LogP contribution in [-0.2, 0) is 22.4 Å². The molecule has 0 saturated heterocycles. The van der Waals surface area contributed by atoms with Gasteiger partial charge in [0.15, 0.2) is 0 Å². The zero-order chi connectivity index (χ0) is 9.68. The maximum Gasteiger partial charge on any atom is 0.125 e. The minimum atomic E-state index is 0.233. The second-order valence-corrected chi connectivity index (χ2v) is 2.62. The SMILES string of the molecule is Nc1cc(CC=O)nc(CC=O)c1. The number of rotatable bonds is 4. The molecule has 0 aliphatic carbocycles. The molecule has 13 heavy (non-hydrogen) atoms. The molecule has 4 heteroatoms. The van der Waals surface area contributed by atoms with E-state index in [1.165, 1.54) is 0 Å². The van der Waals surface area contributed by atoms with Crippen LogP contribution in [0.4, 0.5) is 5.69 Å². The van der Waals surface area contributed by atoms with Gasteiger partial charge in [0.1, 0.15) is 12.6 Å². The first kappa shape index (κ1) is 9.38. The van der Waals surface area contributed by atoms with Gasteiger partial charge in [0.05, 0.1) is 0 Å². The molecule has 0 amide bonds. The standard InChI is InChI=1S/C9H10N2O2/c10-7-5-8(1-3-12)11-9(6-7)2-4-13/h3-6H,1-2H2,(H2,10,11). The van der Waals surface area contributed by atoms with E-state index < -0.39 is 0 Å². The fraction of sp³-hybridized carbons (Fsp3) is 0.222. The molecule has 0 fully saturated rings. The van der Waals surface area contributed by atoms with Crippen LogP contribution >= 0.6 is 0 Å². The number of aldehydes is 2. The number of nitrogens with two attached hydrogens (primary N) is 1. The summed E-state index contributed by atoms with van der Waals surface area (Å²) in [5.41, 5.74) is 7.29. The van der Waals surface area contributed by atoms with Crippen molar-refractivity contribution in [3.8, 4) is 0 Å². The summed E-state index contributed by atoms with van der Waals surface area (Å²) in [6, 6.07) is 3.26. The Morgan fingerprint density at radius 1 is 1.15 bits per heavy atom. The third-order valence-corrected chi connectivity index (χ3v) is 1.54. The predicted octanol–water partition coefficient (Wildman–Crippen LogP) is 0.147. The van der Waals surface area contributed by atoms with Gasteiger partial charge in [-0.1, -0.05) is 0 Å². The molecule has 2 N–H and O–H groups in total. The van der Waals surface area contributed by atoms with E-state index in [-0.39, 0.29) is 12.8 Å².